The fraction of sp³-hybridized carbons (Fsp3) is 0.600. The zero-order chi connectivity index (χ0) is 12.6. The number of aliphatic hydroxyl groups excluding tert-OH is 1. The molecule has 3 atom stereocenters. The maximum Gasteiger partial charge on any atom is 0.351 e. The molecule has 3 unspecified atom stereocenters. The molecule has 1 aromatic heterocycles. The summed E-state index contributed by atoms with van der Waals surface area (Å²) >= 11 is 0. The second-order valence-electron chi connectivity index (χ2n) is 4.29. The van der Waals surface area contributed by atoms with Gasteiger partial charge in [0.15, 0.2) is 0 Å². The Balaban J connectivity index is 2.29. The molecule has 2 rings (SSSR count). The van der Waals surface area contributed by atoms with E-state index in [-0.39, 0.29) is 12.2 Å². The predicted octanol–water partition coefficient (Wildman–Crippen LogP) is -0.167. The van der Waals surface area contributed by atoms with Crippen LogP contribution in [0.2, 0.25) is 0 Å². The third-order valence-electron chi connectivity index (χ3n) is 2.95. The maximum absolute atomic E-state index is 13.7. The number of halogens is 1. The number of aromatic nitrogens is 2. The average Bonchev–Trinajstić information content (AvgIpc) is 2.56. The zero-order valence-electron chi connectivity index (χ0n) is 9.34. The minimum atomic E-state index is -1.33. The smallest absolute Gasteiger partial charge is 0.351 e. The van der Waals surface area contributed by atoms with Crippen molar-refractivity contribution in [3.8, 4) is 0 Å². The molecule has 1 aromatic rings. The summed E-state index contributed by atoms with van der Waals surface area (Å²) in [6.07, 6.45) is -0.682. The monoisotopic (exact) mass is 243 g/mol. The van der Waals surface area contributed by atoms with Crippen molar-refractivity contribution in [2.75, 3.05) is 12.3 Å². The summed E-state index contributed by atoms with van der Waals surface area (Å²) < 4.78 is 20.2. The molecule has 0 saturated carbocycles. The number of rotatable bonds is 2. The van der Waals surface area contributed by atoms with Crippen LogP contribution in [-0.2, 0) is 4.74 Å². The van der Waals surface area contributed by atoms with Crippen LogP contribution >= 0.6 is 0 Å². The summed E-state index contributed by atoms with van der Waals surface area (Å²) in [6, 6.07) is 1.44. The molecule has 7 heteroatoms. The number of nitrogens with zero attached hydrogens (tertiary/aromatic N) is 2. The van der Waals surface area contributed by atoms with Crippen molar-refractivity contribution in [2.45, 2.75) is 31.3 Å². The molecule has 2 heterocycles. The van der Waals surface area contributed by atoms with Crippen molar-refractivity contribution >= 4 is 5.82 Å². The topological polar surface area (TPSA) is 90.4 Å². The van der Waals surface area contributed by atoms with E-state index in [1.807, 2.05) is 0 Å². The van der Waals surface area contributed by atoms with Gasteiger partial charge in [0, 0.05) is 12.6 Å². The lowest BCUT2D eigenvalue weighted by Gasteiger charge is -2.23. The van der Waals surface area contributed by atoms with Crippen molar-refractivity contribution in [2.24, 2.45) is 0 Å². The highest BCUT2D eigenvalue weighted by atomic mass is 19.1. The molecule has 0 radical (unpaired) electrons. The van der Waals surface area contributed by atoms with E-state index in [1.54, 1.807) is 0 Å². The van der Waals surface area contributed by atoms with Crippen molar-refractivity contribution in [3.05, 3.63) is 22.7 Å². The molecule has 0 amide bonds. The van der Waals surface area contributed by atoms with Crippen LogP contribution in [0.3, 0.4) is 0 Å². The Hall–Kier alpha value is -1.47. The fourth-order valence-electron chi connectivity index (χ4n) is 1.81. The van der Waals surface area contributed by atoms with Crippen LogP contribution in [0.4, 0.5) is 10.2 Å². The lowest BCUT2D eigenvalue weighted by Crippen LogP contribution is -2.37. The van der Waals surface area contributed by atoms with Crippen molar-refractivity contribution in [3.63, 3.8) is 0 Å². The minimum absolute atomic E-state index is 0.00254. The van der Waals surface area contributed by atoms with E-state index in [2.05, 4.69) is 4.98 Å². The number of anilines is 1. The number of aliphatic hydroxyl groups is 1. The lowest BCUT2D eigenvalue weighted by atomic mass is 10.0. The first-order valence-corrected chi connectivity index (χ1v) is 5.24. The van der Waals surface area contributed by atoms with Gasteiger partial charge in [-0.15, -0.1) is 0 Å². The second kappa shape index (κ2) is 4.08. The number of alkyl halides is 1. The Labute approximate surface area is 96.8 Å². The number of nitrogens with two attached hydrogens (primary N) is 1. The Morgan fingerprint density at radius 1 is 1.82 bits per heavy atom. The Bertz CT molecular complexity index is 478. The SMILES string of the molecule is CC1(CO)OC(n2ccc(N)nc2=O)CC1F. The van der Waals surface area contributed by atoms with Gasteiger partial charge < -0.3 is 15.6 Å². The zero-order valence-corrected chi connectivity index (χ0v) is 9.34. The quantitative estimate of drug-likeness (QED) is 0.752. The molecule has 17 heavy (non-hydrogen) atoms. The molecular weight excluding hydrogens is 229 g/mol. The van der Waals surface area contributed by atoms with Crippen LogP contribution in [0.5, 0.6) is 0 Å². The summed E-state index contributed by atoms with van der Waals surface area (Å²) in [5.74, 6) is 0.103. The number of hydrogen-bond donors (Lipinski definition) is 2. The summed E-state index contributed by atoms with van der Waals surface area (Å²) in [7, 11) is 0. The first-order valence-electron chi connectivity index (χ1n) is 5.24. The van der Waals surface area contributed by atoms with Gasteiger partial charge in [0.1, 0.15) is 23.8 Å². The van der Waals surface area contributed by atoms with E-state index in [0.717, 1.165) is 0 Å². The van der Waals surface area contributed by atoms with E-state index in [1.165, 1.54) is 23.8 Å². The summed E-state index contributed by atoms with van der Waals surface area (Å²) in [6.45, 7) is 1.02. The highest BCUT2D eigenvalue weighted by molar-refractivity contribution is 5.23. The van der Waals surface area contributed by atoms with Gasteiger partial charge in [0.2, 0.25) is 0 Å². The van der Waals surface area contributed by atoms with Crippen LogP contribution in [0.1, 0.15) is 19.6 Å². The van der Waals surface area contributed by atoms with Gasteiger partial charge in [-0.1, -0.05) is 0 Å². The molecular formula is C10H14FN3O3. The first-order chi connectivity index (χ1) is 7.96. The second-order valence-corrected chi connectivity index (χ2v) is 4.29. The molecule has 94 valence electrons. The molecule has 1 fully saturated rings. The largest absolute Gasteiger partial charge is 0.393 e. The number of nitrogen functional groups attached to an aromatic ring is 1. The van der Waals surface area contributed by atoms with Crippen LogP contribution in [-0.4, -0.2) is 33.0 Å². The van der Waals surface area contributed by atoms with Gasteiger partial charge in [-0.3, -0.25) is 4.57 Å². The van der Waals surface area contributed by atoms with Gasteiger partial charge in [-0.2, -0.15) is 4.98 Å². The molecule has 6 nitrogen and oxygen atoms in total. The van der Waals surface area contributed by atoms with Gasteiger partial charge >= 0.3 is 5.69 Å². The van der Waals surface area contributed by atoms with Crippen LogP contribution < -0.4 is 11.4 Å². The molecule has 3 N–H and O–H groups in total. The molecule has 0 aliphatic carbocycles. The number of hydrogen-bond acceptors (Lipinski definition) is 5. The maximum atomic E-state index is 13.7. The van der Waals surface area contributed by atoms with Gasteiger partial charge in [-0.05, 0) is 13.0 Å². The first kappa shape index (κ1) is 12.0. The Morgan fingerprint density at radius 2 is 2.53 bits per heavy atom. The summed E-state index contributed by atoms with van der Waals surface area (Å²) in [5, 5.41) is 9.09. The standard InChI is InChI=1S/C10H14FN3O3/c1-10(5-15)6(11)4-8(17-10)14-3-2-7(12)13-9(14)16/h2-3,6,8,15H,4-5H2,1H3,(H2,12,13,16). The molecule has 1 saturated heterocycles. The summed E-state index contributed by atoms with van der Waals surface area (Å²) in [4.78, 5) is 15.1. The van der Waals surface area contributed by atoms with E-state index < -0.39 is 30.3 Å². The third-order valence-corrected chi connectivity index (χ3v) is 2.95. The van der Waals surface area contributed by atoms with E-state index >= 15 is 0 Å². The van der Waals surface area contributed by atoms with Crippen molar-refractivity contribution in [1.29, 1.82) is 0 Å². The summed E-state index contributed by atoms with van der Waals surface area (Å²) in [5.41, 5.74) is 3.49. The van der Waals surface area contributed by atoms with Gasteiger partial charge in [-0.25, -0.2) is 9.18 Å². The van der Waals surface area contributed by atoms with E-state index in [0.29, 0.717) is 0 Å². The van der Waals surface area contributed by atoms with E-state index in [4.69, 9.17) is 15.6 Å². The Morgan fingerprint density at radius 3 is 3.06 bits per heavy atom. The van der Waals surface area contributed by atoms with Crippen molar-refractivity contribution in [1.82, 2.24) is 9.55 Å². The fourth-order valence-corrected chi connectivity index (χ4v) is 1.81. The Kier molecular flexibility index (Phi) is 2.88. The predicted molar refractivity (Wildman–Crippen MR) is 58.0 cm³/mol. The van der Waals surface area contributed by atoms with Crippen LogP contribution in [0, 0.1) is 0 Å². The molecule has 0 bridgehead atoms. The van der Waals surface area contributed by atoms with E-state index in [9.17, 15) is 9.18 Å². The molecule has 1 aliphatic rings. The molecule has 0 spiro atoms. The number of ether oxygens (including phenoxy) is 1. The third kappa shape index (κ3) is 2.03. The minimum Gasteiger partial charge on any atom is -0.393 e. The average molecular weight is 243 g/mol. The van der Waals surface area contributed by atoms with Gasteiger partial charge in [0.05, 0.1) is 6.61 Å². The molecule has 0 aromatic carbocycles. The normalized spacial score (nSPS) is 32.9. The lowest BCUT2D eigenvalue weighted by molar-refractivity contribution is -0.104. The highest BCUT2D eigenvalue weighted by Gasteiger charge is 2.46. The van der Waals surface area contributed by atoms with Crippen LogP contribution in [0.25, 0.3) is 0 Å². The van der Waals surface area contributed by atoms with Gasteiger partial charge in [0.25, 0.3) is 0 Å². The van der Waals surface area contributed by atoms with Crippen LogP contribution in [0.15, 0.2) is 17.1 Å². The molecule has 1 aliphatic heterocycles. The highest BCUT2D eigenvalue weighted by Crippen LogP contribution is 2.37. The van der Waals surface area contributed by atoms with Crippen molar-refractivity contribution < 1.29 is 14.2 Å².